The monoisotopic (exact) mass is 408 g/mol. The van der Waals surface area contributed by atoms with Gasteiger partial charge in [-0.1, -0.05) is 32.0 Å². The maximum absolute atomic E-state index is 12.7. The topological polar surface area (TPSA) is 40.9 Å². The lowest BCUT2D eigenvalue weighted by molar-refractivity contribution is -0.132. The largest absolute Gasteiger partial charge is 0.340 e. The van der Waals surface area contributed by atoms with E-state index in [1.165, 1.54) is 10.6 Å². The number of pyridine rings is 1. The lowest BCUT2D eigenvalue weighted by atomic mass is 10.1. The molecule has 4 rings (SSSR count). The number of hydrogen-bond acceptors (Lipinski definition) is 4. The summed E-state index contributed by atoms with van der Waals surface area (Å²) in [6, 6.07) is 14.5. The van der Waals surface area contributed by atoms with Crippen LogP contribution in [0.2, 0.25) is 0 Å². The summed E-state index contributed by atoms with van der Waals surface area (Å²) < 4.78 is 2.14. The van der Waals surface area contributed by atoms with Crippen LogP contribution < -0.4 is 0 Å². The summed E-state index contributed by atoms with van der Waals surface area (Å²) in [5, 5.41) is 0.569. The van der Waals surface area contributed by atoms with Crippen molar-refractivity contribution in [3.8, 4) is 0 Å². The van der Waals surface area contributed by atoms with Gasteiger partial charge in [-0.05, 0) is 29.8 Å². The molecule has 5 nitrogen and oxygen atoms in total. The van der Waals surface area contributed by atoms with Gasteiger partial charge in [-0.3, -0.25) is 9.69 Å². The fraction of sp³-hybridized carbons (Fsp3) is 0.391. The van der Waals surface area contributed by atoms with Crippen LogP contribution in [-0.2, 0) is 17.8 Å². The Morgan fingerprint density at radius 1 is 1.07 bits per heavy atom. The number of amides is 1. The van der Waals surface area contributed by atoms with Crippen LogP contribution in [0.3, 0.4) is 0 Å². The van der Waals surface area contributed by atoms with Crippen molar-refractivity contribution in [3.63, 3.8) is 0 Å². The summed E-state index contributed by atoms with van der Waals surface area (Å²) in [7, 11) is 0. The zero-order chi connectivity index (χ0) is 20.2. The van der Waals surface area contributed by atoms with E-state index >= 15 is 0 Å². The van der Waals surface area contributed by atoms with Gasteiger partial charge in [0.15, 0.2) is 0 Å². The number of hydrogen-bond donors (Lipinski definition) is 0. The highest BCUT2D eigenvalue weighted by Gasteiger charge is 2.22. The van der Waals surface area contributed by atoms with Crippen LogP contribution in [0.1, 0.15) is 25.1 Å². The molecule has 1 fully saturated rings. The molecule has 3 aromatic rings. The second kappa shape index (κ2) is 9.01. The van der Waals surface area contributed by atoms with Crippen molar-refractivity contribution in [2.24, 2.45) is 0 Å². The first-order valence-corrected chi connectivity index (χ1v) is 11.1. The van der Waals surface area contributed by atoms with E-state index < -0.39 is 0 Å². The number of piperazine rings is 1. The zero-order valence-corrected chi connectivity index (χ0v) is 17.9. The number of fused-ring (bicyclic) bond motifs is 1. The summed E-state index contributed by atoms with van der Waals surface area (Å²) >= 11 is 1.85. The van der Waals surface area contributed by atoms with Crippen LogP contribution in [0.4, 0.5) is 0 Å². The molecule has 152 valence electrons. The highest BCUT2D eigenvalue weighted by Crippen LogP contribution is 2.23. The van der Waals surface area contributed by atoms with E-state index in [1.54, 1.807) is 0 Å². The maximum atomic E-state index is 12.7. The molecule has 1 aliphatic rings. The number of aromatic nitrogens is 2. The van der Waals surface area contributed by atoms with Crippen molar-refractivity contribution >= 4 is 23.3 Å². The van der Waals surface area contributed by atoms with Crippen molar-refractivity contribution in [1.29, 1.82) is 0 Å². The Hall–Kier alpha value is -2.31. The van der Waals surface area contributed by atoms with Crippen molar-refractivity contribution < 1.29 is 4.79 Å². The molecule has 0 spiro atoms. The first-order chi connectivity index (χ1) is 14.1. The Morgan fingerprint density at radius 2 is 1.83 bits per heavy atom. The van der Waals surface area contributed by atoms with Crippen LogP contribution in [0.15, 0.2) is 59.8 Å². The van der Waals surface area contributed by atoms with Gasteiger partial charge in [0.2, 0.25) is 5.91 Å². The molecule has 1 saturated heterocycles. The van der Waals surface area contributed by atoms with Crippen LogP contribution in [-0.4, -0.2) is 56.5 Å². The average molecular weight is 409 g/mol. The third-order valence-electron chi connectivity index (χ3n) is 5.25. The molecule has 1 aliphatic heterocycles. The van der Waals surface area contributed by atoms with E-state index in [1.807, 2.05) is 41.1 Å². The van der Waals surface area contributed by atoms with Crippen molar-refractivity contribution in [3.05, 3.63) is 66.1 Å². The molecule has 0 atom stereocenters. The molecule has 1 aromatic carbocycles. The standard InChI is InChI=1S/C23H28N4OS/c1-18(2)29-21-8-6-19(7-9-21)15-23(28)26-13-11-25(12-14-26)17-20-16-24-22-5-3-4-10-27(20)22/h3-10,16,18H,11-15,17H2,1-2H3. The Kier molecular flexibility index (Phi) is 6.21. The van der Waals surface area contributed by atoms with Crippen LogP contribution >= 0.6 is 11.8 Å². The van der Waals surface area contributed by atoms with Gasteiger partial charge in [0.25, 0.3) is 0 Å². The lowest BCUT2D eigenvalue weighted by Gasteiger charge is -2.34. The van der Waals surface area contributed by atoms with Gasteiger partial charge in [-0.25, -0.2) is 4.98 Å². The third kappa shape index (κ3) is 5.00. The summed E-state index contributed by atoms with van der Waals surface area (Å²) in [6.07, 6.45) is 4.50. The number of rotatable bonds is 6. The smallest absolute Gasteiger partial charge is 0.227 e. The fourth-order valence-corrected chi connectivity index (χ4v) is 4.57. The Morgan fingerprint density at radius 3 is 2.55 bits per heavy atom. The molecule has 0 unspecified atom stereocenters. The first kappa shape index (κ1) is 20.0. The predicted octanol–water partition coefficient (Wildman–Crippen LogP) is 3.72. The zero-order valence-electron chi connectivity index (χ0n) is 17.1. The second-order valence-corrected chi connectivity index (χ2v) is 9.47. The molecule has 2 aromatic heterocycles. The Bertz CT molecular complexity index is 958. The minimum atomic E-state index is 0.226. The van der Waals surface area contributed by atoms with Gasteiger partial charge in [-0.15, -0.1) is 11.8 Å². The molecule has 0 bridgehead atoms. The SMILES string of the molecule is CC(C)Sc1ccc(CC(=O)N2CCN(Cc3cnc4ccccn34)CC2)cc1. The van der Waals surface area contributed by atoms with Crippen molar-refractivity contribution in [1.82, 2.24) is 19.2 Å². The molecule has 0 aliphatic carbocycles. The van der Waals surface area contributed by atoms with Gasteiger partial charge < -0.3 is 9.30 Å². The van der Waals surface area contributed by atoms with E-state index in [0.29, 0.717) is 11.7 Å². The number of carbonyl (C=O) groups excluding carboxylic acids is 1. The maximum Gasteiger partial charge on any atom is 0.227 e. The number of imidazole rings is 1. The van der Waals surface area contributed by atoms with Gasteiger partial charge in [0.05, 0.1) is 18.3 Å². The minimum Gasteiger partial charge on any atom is -0.340 e. The summed E-state index contributed by atoms with van der Waals surface area (Å²) in [5.74, 6) is 0.226. The number of nitrogens with zero attached hydrogens (tertiary/aromatic N) is 4. The van der Waals surface area contributed by atoms with Gasteiger partial charge in [0, 0.05) is 49.1 Å². The quantitative estimate of drug-likeness (QED) is 0.583. The van der Waals surface area contributed by atoms with E-state index in [9.17, 15) is 4.79 Å². The summed E-state index contributed by atoms with van der Waals surface area (Å²) in [5.41, 5.74) is 3.27. The normalized spacial score (nSPS) is 15.3. The van der Waals surface area contributed by atoms with Crippen molar-refractivity contribution in [2.45, 2.75) is 37.0 Å². The first-order valence-electron chi connectivity index (χ1n) is 10.2. The molecule has 3 heterocycles. The fourth-order valence-electron chi connectivity index (χ4n) is 3.73. The molecule has 29 heavy (non-hydrogen) atoms. The second-order valence-electron chi connectivity index (χ2n) is 7.82. The molecular formula is C23H28N4OS. The highest BCUT2D eigenvalue weighted by atomic mass is 32.2. The summed E-state index contributed by atoms with van der Waals surface area (Å²) in [4.78, 5) is 22.8. The van der Waals surface area contributed by atoms with E-state index in [2.05, 4.69) is 58.6 Å². The van der Waals surface area contributed by atoms with Gasteiger partial charge in [-0.2, -0.15) is 0 Å². The van der Waals surface area contributed by atoms with E-state index in [4.69, 9.17) is 0 Å². The number of benzene rings is 1. The lowest BCUT2D eigenvalue weighted by Crippen LogP contribution is -2.48. The number of thioether (sulfide) groups is 1. The Balaban J connectivity index is 1.28. The molecule has 0 saturated carbocycles. The van der Waals surface area contributed by atoms with Crippen molar-refractivity contribution in [2.75, 3.05) is 26.2 Å². The number of carbonyl (C=O) groups is 1. The van der Waals surface area contributed by atoms with Gasteiger partial charge >= 0.3 is 0 Å². The average Bonchev–Trinajstić information content (AvgIpc) is 3.12. The predicted molar refractivity (Wildman–Crippen MR) is 118 cm³/mol. The molecule has 0 radical (unpaired) electrons. The minimum absolute atomic E-state index is 0.226. The summed E-state index contributed by atoms with van der Waals surface area (Å²) in [6.45, 7) is 8.62. The van der Waals surface area contributed by atoms with E-state index in [0.717, 1.165) is 43.9 Å². The molecular weight excluding hydrogens is 380 g/mol. The van der Waals surface area contributed by atoms with Gasteiger partial charge in [0.1, 0.15) is 5.65 Å². The van der Waals surface area contributed by atoms with Crippen LogP contribution in [0.5, 0.6) is 0 Å². The van der Waals surface area contributed by atoms with Crippen LogP contribution in [0.25, 0.3) is 5.65 Å². The van der Waals surface area contributed by atoms with Crippen LogP contribution in [0, 0.1) is 0 Å². The van der Waals surface area contributed by atoms with E-state index in [-0.39, 0.29) is 5.91 Å². The Labute approximate surface area is 176 Å². The molecule has 0 N–H and O–H groups in total. The third-order valence-corrected chi connectivity index (χ3v) is 6.27. The molecule has 1 amide bonds. The highest BCUT2D eigenvalue weighted by molar-refractivity contribution is 7.99. The molecule has 6 heteroatoms.